The van der Waals surface area contributed by atoms with Crippen LogP contribution in [0.2, 0.25) is 0 Å². The van der Waals surface area contributed by atoms with Crippen LogP contribution in [0.3, 0.4) is 0 Å². The average molecular weight is 427 g/mol. The zero-order chi connectivity index (χ0) is 15.3. The minimum atomic E-state index is -3.38. The Hall–Kier alpha value is -1.16. The largest absolute Gasteiger partial charge is 0.370 e. The Morgan fingerprint density at radius 3 is 2.62 bits per heavy atom. The summed E-state index contributed by atoms with van der Waals surface area (Å²) < 4.78 is 36.4. The highest BCUT2D eigenvalue weighted by atomic mass is 127. The first-order valence-corrected chi connectivity index (χ1v) is 7.76. The Morgan fingerprint density at radius 2 is 2.10 bits per heavy atom. The van der Waals surface area contributed by atoms with E-state index in [4.69, 9.17) is 5.73 Å². The summed E-state index contributed by atoms with van der Waals surface area (Å²) in [6, 6.07) is 3.60. The number of nitrogens with zero attached hydrogens (tertiary/aromatic N) is 1. The maximum Gasteiger partial charge on any atom is 0.189 e. The fourth-order valence-electron chi connectivity index (χ4n) is 1.37. The van der Waals surface area contributed by atoms with E-state index in [9.17, 15) is 12.8 Å². The van der Waals surface area contributed by atoms with Gasteiger partial charge >= 0.3 is 0 Å². The lowest BCUT2D eigenvalue weighted by molar-refractivity contribution is 0.597. The molecule has 0 bridgehead atoms. The van der Waals surface area contributed by atoms with Gasteiger partial charge in [0.2, 0.25) is 0 Å². The van der Waals surface area contributed by atoms with Gasteiger partial charge in [0.1, 0.15) is 5.82 Å². The van der Waals surface area contributed by atoms with Crippen molar-refractivity contribution in [3.05, 3.63) is 41.7 Å². The Balaban J connectivity index is 0.00000400. The monoisotopic (exact) mass is 427 g/mol. The summed E-state index contributed by atoms with van der Waals surface area (Å²) in [7, 11) is -3.38. The summed E-state index contributed by atoms with van der Waals surface area (Å²) in [5.41, 5.74) is 6.66. The van der Waals surface area contributed by atoms with Gasteiger partial charge in [-0.2, -0.15) is 0 Å². The van der Waals surface area contributed by atoms with E-state index in [0.29, 0.717) is 6.54 Å². The second-order valence-electron chi connectivity index (χ2n) is 4.54. The molecule has 0 radical (unpaired) electrons. The van der Waals surface area contributed by atoms with Gasteiger partial charge in [-0.05, 0) is 25.1 Å². The quantitative estimate of drug-likeness (QED) is 0.247. The predicted octanol–water partition coefficient (Wildman–Crippen LogP) is 1.83. The zero-order valence-corrected chi connectivity index (χ0v) is 15.0. The van der Waals surface area contributed by atoms with Crippen LogP contribution in [0.4, 0.5) is 4.39 Å². The van der Waals surface area contributed by atoms with E-state index in [-0.39, 0.29) is 46.9 Å². The molecule has 5 nitrogen and oxygen atoms in total. The standard InChI is InChI=1S/C13H18FN3O2S.HI/c1-9(2)7-16-13(15)17-8-10-6-11(20(3,18)19)4-5-12(10)14;/h4-6H,1,7-8H2,2-3H3,(H3,15,16,17);1H. The first-order chi connectivity index (χ1) is 9.20. The number of rotatable bonds is 5. The van der Waals surface area contributed by atoms with Crippen molar-refractivity contribution in [3.8, 4) is 0 Å². The van der Waals surface area contributed by atoms with Gasteiger partial charge < -0.3 is 11.1 Å². The van der Waals surface area contributed by atoms with Crippen LogP contribution >= 0.6 is 24.0 Å². The molecule has 0 fully saturated rings. The number of hydrogen-bond acceptors (Lipinski definition) is 3. The van der Waals surface area contributed by atoms with Gasteiger partial charge in [0.05, 0.1) is 11.4 Å². The van der Waals surface area contributed by atoms with E-state index < -0.39 is 15.7 Å². The Morgan fingerprint density at radius 1 is 1.48 bits per heavy atom. The van der Waals surface area contributed by atoms with E-state index in [1.165, 1.54) is 12.1 Å². The van der Waals surface area contributed by atoms with Crippen LogP contribution in [-0.2, 0) is 16.4 Å². The van der Waals surface area contributed by atoms with Crippen molar-refractivity contribution in [2.45, 2.75) is 18.4 Å². The van der Waals surface area contributed by atoms with Gasteiger partial charge in [-0.15, -0.1) is 24.0 Å². The molecule has 1 rings (SSSR count). The smallest absolute Gasteiger partial charge is 0.189 e. The molecule has 0 unspecified atom stereocenters. The molecule has 0 heterocycles. The molecule has 0 aliphatic carbocycles. The lowest BCUT2D eigenvalue weighted by atomic mass is 10.2. The van der Waals surface area contributed by atoms with Gasteiger partial charge in [0.25, 0.3) is 0 Å². The molecule has 1 aromatic rings. The van der Waals surface area contributed by atoms with Crippen LogP contribution in [-0.4, -0.2) is 27.2 Å². The van der Waals surface area contributed by atoms with Gasteiger partial charge in [-0.3, -0.25) is 0 Å². The molecule has 0 saturated heterocycles. The van der Waals surface area contributed by atoms with E-state index >= 15 is 0 Å². The molecule has 21 heavy (non-hydrogen) atoms. The lowest BCUT2D eigenvalue weighted by Gasteiger charge is -2.06. The molecule has 118 valence electrons. The third-order valence-electron chi connectivity index (χ3n) is 2.44. The van der Waals surface area contributed by atoms with Crippen molar-refractivity contribution in [1.82, 2.24) is 5.32 Å². The van der Waals surface area contributed by atoms with Crippen LogP contribution in [0.5, 0.6) is 0 Å². The van der Waals surface area contributed by atoms with Crippen molar-refractivity contribution in [1.29, 1.82) is 0 Å². The van der Waals surface area contributed by atoms with Crippen LogP contribution in [0.1, 0.15) is 12.5 Å². The molecule has 0 aliphatic rings. The fraction of sp³-hybridized carbons (Fsp3) is 0.308. The minimum Gasteiger partial charge on any atom is -0.370 e. The van der Waals surface area contributed by atoms with Crippen LogP contribution in [0.25, 0.3) is 0 Å². The number of nitrogens with two attached hydrogens (primary N) is 1. The third kappa shape index (κ3) is 6.89. The van der Waals surface area contributed by atoms with Crippen LogP contribution in [0.15, 0.2) is 40.2 Å². The molecule has 0 amide bonds. The summed E-state index contributed by atoms with van der Waals surface area (Å²) in [5, 5.41) is 2.80. The SMILES string of the molecule is C=C(C)CNC(N)=NCc1cc(S(C)(=O)=O)ccc1F.I. The molecule has 0 saturated carbocycles. The molecule has 0 atom stereocenters. The summed E-state index contributed by atoms with van der Waals surface area (Å²) >= 11 is 0. The number of hydrogen-bond donors (Lipinski definition) is 2. The fourth-order valence-corrected chi connectivity index (χ4v) is 2.04. The first kappa shape index (κ1) is 19.8. The summed E-state index contributed by atoms with van der Waals surface area (Å²) in [5.74, 6) is -0.369. The lowest BCUT2D eigenvalue weighted by Crippen LogP contribution is -2.32. The second kappa shape index (κ2) is 8.32. The van der Waals surface area contributed by atoms with Gasteiger partial charge in [0, 0.05) is 18.4 Å². The Labute approximate surface area is 141 Å². The van der Waals surface area contributed by atoms with Gasteiger partial charge in [0.15, 0.2) is 15.8 Å². The van der Waals surface area contributed by atoms with Crippen molar-refractivity contribution < 1.29 is 12.8 Å². The summed E-state index contributed by atoms with van der Waals surface area (Å²) in [6.07, 6.45) is 1.07. The maximum atomic E-state index is 13.6. The van der Waals surface area contributed by atoms with E-state index in [2.05, 4.69) is 16.9 Å². The van der Waals surface area contributed by atoms with E-state index in [1.807, 2.05) is 6.92 Å². The minimum absolute atomic E-state index is 0. The summed E-state index contributed by atoms with van der Waals surface area (Å²) in [4.78, 5) is 4.01. The highest BCUT2D eigenvalue weighted by Gasteiger charge is 2.10. The Bertz CT molecular complexity index is 645. The molecule has 8 heteroatoms. The average Bonchev–Trinajstić information content (AvgIpc) is 2.33. The van der Waals surface area contributed by atoms with E-state index in [1.54, 1.807) is 0 Å². The highest BCUT2D eigenvalue weighted by Crippen LogP contribution is 2.15. The van der Waals surface area contributed by atoms with Crippen molar-refractivity contribution in [3.63, 3.8) is 0 Å². The molecular weight excluding hydrogens is 408 g/mol. The number of benzene rings is 1. The Kier molecular flexibility index (Phi) is 7.86. The highest BCUT2D eigenvalue weighted by molar-refractivity contribution is 14.0. The van der Waals surface area contributed by atoms with Gasteiger partial charge in [-0.1, -0.05) is 12.2 Å². The van der Waals surface area contributed by atoms with E-state index in [0.717, 1.165) is 17.9 Å². The topological polar surface area (TPSA) is 84.5 Å². The molecular formula is C13H19FIN3O2S. The van der Waals surface area contributed by atoms with Crippen molar-refractivity contribution in [2.24, 2.45) is 10.7 Å². The first-order valence-electron chi connectivity index (χ1n) is 5.87. The molecule has 3 N–H and O–H groups in total. The van der Waals surface area contributed by atoms with Crippen molar-refractivity contribution in [2.75, 3.05) is 12.8 Å². The van der Waals surface area contributed by atoms with Crippen molar-refractivity contribution >= 4 is 39.8 Å². The number of sulfone groups is 1. The number of guanidine groups is 1. The predicted molar refractivity (Wildman–Crippen MR) is 93.1 cm³/mol. The number of aliphatic imine (C=N–C) groups is 1. The molecule has 0 aliphatic heterocycles. The molecule has 0 aromatic heterocycles. The maximum absolute atomic E-state index is 13.6. The zero-order valence-electron chi connectivity index (χ0n) is 11.9. The summed E-state index contributed by atoms with van der Waals surface area (Å²) in [6.45, 7) is 5.96. The molecule has 1 aromatic carbocycles. The van der Waals surface area contributed by atoms with Crippen LogP contribution in [0, 0.1) is 5.82 Å². The number of nitrogens with one attached hydrogen (secondary N) is 1. The van der Waals surface area contributed by atoms with Crippen LogP contribution < -0.4 is 11.1 Å². The number of halogens is 2. The normalized spacial score (nSPS) is 11.7. The van der Waals surface area contributed by atoms with Gasteiger partial charge in [-0.25, -0.2) is 17.8 Å². The molecule has 0 spiro atoms. The second-order valence-corrected chi connectivity index (χ2v) is 6.55. The third-order valence-corrected chi connectivity index (χ3v) is 3.55.